The van der Waals surface area contributed by atoms with Gasteiger partial charge in [-0.25, -0.2) is 8.78 Å². The Morgan fingerprint density at radius 3 is 2.16 bits per heavy atom. The van der Waals surface area contributed by atoms with E-state index < -0.39 is 23.6 Å². The van der Waals surface area contributed by atoms with Crippen molar-refractivity contribution in [3.8, 4) is 0 Å². The number of nitrogens with two attached hydrogens (primary N) is 1. The quantitative estimate of drug-likeness (QED) is 0.889. The molecule has 19 heavy (non-hydrogen) atoms. The molecule has 5 heteroatoms. The average Bonchev–Trinajstić information content (AvgIpc) is 2.35. The van der Waals surface area contributed by atoms with Crippen molar-refractivity contribution in [2.45, 2.75) is 6.04 Å². The van der Waals surface area contributed by atoms with Gasteiger partial charge in [0.05, 0.1) is 0 Å². The Bertz CT molecular complexity index is 567. The standard InChI is InChI=1S/C14H12F2N2O/c15-10-6-11(16)8-12(7-10)18-13(14(17)19)9-4-2-1-3-5-9/h1-8,13,18H,(H2,17,19)/t13-/m0/s1. The van der Waals surface area contributed by atoms with Crippen LogP contribution in [-0.2, 0) is 4.79 Å². The molecule has 0 heterocycles. The maximum atomic E-state index is 13.1. The predicted octanol–water partition coefficient (Wildman–Crippen LogP) is 2.60. The Morgan fingerprint density at radius 2 is 1.63 bits per heavy atom. The predicted molar refractivity (Wildman–Crippen MR) is 68.4 cm³/mol. The average molecular weight is 262 g/mol. The summed E-state index contributed by atoms with van der Waals surface area (Å²) in [6.07, 6.45) is 0. The van der Waals surface area contributed by atoms with Gasteiger partial charge in [-0.15, -0.1) is 0 Å². The molecule has 1 amide bonds. The molecule has 0 aromatic heterocycles. The van der Waals surface area contributed by atoms with Gasteiger partial charge >= 0.3 is 0 Å². The summed E-state index contributed by atoms with van der Waals surface area (Å²) in [5.41, 5.74) is 6.09. The maximum Gasteiger partial charge on any atom is 0.244 e. The van der Waals surface area contributed by atoms with Crippen LogP contribution in [-0.4, -0.2) is 5.91 Å². The van der Waals surface area contributed by atoms with Gasteiger partial charge in [0.1, 0.15) is 17.7 Å². The lowest BCUT2D eigenvalue weighted by Crippen LogP contribution is -2.27. The molecule has 2 aromatic carbocycles. The van der Waals surface area contributed by atoms with Crippen LogP contribution in [0.15, 0.2) is 48.5 Å². The summed E-state index contributed by atoms with van der Waals surface area (Å²) in [5.74, 6) is -2.08. The first kappa shape index (κ1) is 13.0. The van der Waals surface area contributed by atoms with Crippen molar-refractivity contribution in [2.75, 3.05) is 5.32 Å². The highest BCUT2D eigenvalue weighted by Gasteiger charge is 2.17. The monoisotopic (exact) mass is 262 g/mol. The van der Waals surface area contributed by atoms with Crippen molar-refractivity contribution in [1.82, 2.24) is 0 Å². The molecule has 0 bridgehead atoms. The lowest BCUT2D eigenvalue weighted by molar-refractivity contribution is -0.118. The SMILES string of the molecule is NC(=O)[C@@H](Nc1cc(F)cc(F)c1)c1ccccc1. The highest BCUT2D eigenvalue weighted by atomic mass is 19.1. The summed E-state index contributed by atoms with van der Waals surface area (Å²) in [4.78, 5) is 11.4. The zero-order chi connectivity index (χ0) is 13.8. The molecular formula is C14H12F2N2O. The minimum Gasteiger partial charge on any atom is -0.370 e. The molecule has 0 fully saturated rings. The van der Waals surface area contributed by atoms with Crippen LogP contribution in [0.2, 0.25) is 0 Å². The number of carbonyl (C=O) groups is 1. The van der Waals surface area contributed by atoms with Gasteiger partial charge in [0.25, 0.3) is 0 Å². The molecule has 2 aromatic rings. The molecule has 0 radical (unpaired) electrons. The number of hydrogen-bond donors (Lipinski definition) is 2. The van der Waals surface area contributed by atoms with Gasteiger partial charge in [-0.2, -0.15) is 0 Å². The van der Waals surface area contributed by atoms with Crippen LogP contribution < -0.4 is 11.1 Å². The third kappa shape index (κ3) is 3.28. The van der Waals surface area contributed by atoms with Crippen LogP contribution in [0.1, 0.15) is 11.6 Å². The number of primary amides is 1. The Morgan fingerprint density at radius 1 is 1.05 bits per heavy atom. The smallest absolute Gasteiger partial charge is 0.244 e. The van der Waals surface area contributed by atoms with Crippen LogP contribution in [0.5, 0.6) is 0 Å². The fraction of sp³-hybridized carbons (Fsp3) is 0.0714. The normalized spacial score (nSPS) is 11.9. The van der Waals surface area contributed by atoms with Crippen molar-refractivity contribution in [1.29, 1.82) is 0 Å². The Hall–Kier alpha value is -2.43. The van der Waals surface area contributed by atoms with E-state index in [0.29, 0.717) is 5.56 Å². The third-order valence-electron chi connectivity index (χ3n) is 2.59. The molecule has 0 aliphatic rings. The van der Waals surface area contributed by atoms with E-state index in [0.717, 1.165) is 18.2 Å². The summed E-state index contributed by atoms with van der Waals surface area (Å²) in [7, 11) is 0. The van der Waals surface area contributed by atoms with E-state index in [2.05, 4.69) is 5.32 Å². The topological polar surface area (TPSA) is 55.1 Å². The van der Waals surface area contributed by atoms with Gasteiger partial charge < -0.3 is 11.1 Å². The lowest BCUT2D eigenvalue weighted by Gasteiger charge is -2.17. The third-order valence-corrected chi connectivity index (χ3v) is 2.59. The molecule has 0 saturated heterocycles. The number of carbonyl (C=O) groups excluding carboxylic acids is 1. The number of anilines is 1. The highest BCUT2D eigenvalue weighted by molar-refractivity contribution is 5.84. The first-order chi connectivity index (χ1) is 9.06. The minimum atomic E-state index is -0.845. The zero-order valence-electron chi connectivity index (χ0n) is 9.94. The van der Waals surface area contributed by atoms with Crippen molar-refractivity contribution in [2.24, 2.45) is 5.73 Å². The number of benzene rings is 2. The van der Waals surface area contributed by atoms with Gasteiger partial charge in [-0.05, 0) is 17.7 Å². The molecule has 3 N–H and O–H groups in total. The summed E-state index contributed by atoms with van der Waals surface area (Å²) in [5, 5.41) is 2.72. The van der Waals surface area contributed by atoms with E-state index in [1.165, 1.54) is 0 Å². The van der Waals surface area contributed by atoms with Crippen LogP contribution in [0, 0.1) is 11.6 Å². The largest absolute Gasteiger partial charge is 0.370 e. The molecule has 0 spiro atoms. The summed E-state index contributed by atoms with van der Waals surface area (Å²) >= 11 is 0. The van der Waals surface area contributed by atoms with Crippen LogP contribution >= 0.6 is 0 Å². The second kappa shape index (κ2) is 5.48. The molecule has 0 saturated carbocycles. The fourth-order valence-electron chi connectivity index (χ4n) is 1.77. The van der Waals surface area contributed by atoms with Gasteiger partial charge in [-0.1, -0.05) is 30.3 Å². The van der Waals surface area contributed by atoms with E-state index in [9.17, 15) is 13.6 Å². The Labute approximate surface area is 109 Å². The van der Waals surface area contributed by atoms with Crippen molar-refractivity contribution in [3.05, 3.63) is 65.7 Å². The second-order valence-corrected chi connectivity index (χ2v) is 4.05. The Kier molecular flexibility index (Phi) is 3.75. The molecule has 1 atom stereocenters. The number of rotatable bonds is 4. The van der Waals surface area contributed by atoms with Gasteiger partial charge in [0.15, 0.2) is 0 Å². The molecule has 2 rings (SSSR count). The molecular weight excluding hydrogens is 250 g/mol. The number of amides is 1. The van der Waals surface area contributed by atoms with E-state index in [1.807, 2.05) is 0 Å². The zero-order valence-corrected chi connectivity index (χ0v) is 9.94. The molecule has 0 aliphatic heterocycles. The van der Waals surface area contributed by atoms with Crippen molar-refractivity contribution >= 4 is 11.6 Å². The maximum absolute atomic E-state index is 13.1. The summed E-state index contributed by atoms with van der Waals surface area (Å²) < 4.78 is 26.2. The van der Waals surface area contributed by atoms with Crippen LogP contribution in [0.25, 0.3) is 0 Å². The number of hydrogen-bond acceptors (Lipinski definition) is 2. The number of halogens is 2. The van der Waals surface area contributed by atoms with Crippen LogP contribution in [0.3, 0.4) is 0 Å². The molecule has 0 aliphatic carbocycles. The minimum absolute atomic E-state index is 0.158. The Balaban J connectivity index is 2.29. The van der Waals surface area contributed by atoms with Crippen LogP contribution in [0.4, 0.5) is 14.5 Å². The highest BCUT2D eigenvalue weighted by Crippen LogP contribution is 2.21. The van der Waals surface area contributed by atoms with E-state index >= 15 is 0 Å². The number of nitrogens with one attached hydrogen (secondary N) is 1. The summed E-state index contributed by atoms with van der Waals surface area (Å²) in [6.45, 7) is 0. The molecule has 98 valence electrons. The summed E-state index contributed by atoms with van der Waals surface area (Å²) in [6, 6.07) is 10.8. The first-order valence-corrected chi connectivity index (χ1v) is 5.63. The van der Waals surface area contributed by atoms with Gasteiger partial charge in [0.2, 0.25) is 5.91 Å². The van der Waals surface area contributed by atoms with Gasteiger partial charge in [0, 0.05) is 11.8 Å². The molecule has 0 unspecified atom stereocenters. The fourth-order valence-corrected chi connectivity index (χ4v) is 1.77. The van der Waals surface area contributed by atoms with Crippen molar-refractivity contribution in [3.63, 3.8) is 0 Å². The lowest BCUT2D eigenvalue weighted by atomic mass is 10.1. The van der Waals surface area contributed by atoms with E-state index in [4.69, 9.17) is 5.73 Å². The van der Waals surface area contributed by atoms with Gasteiger partial charge in [-0.3, -0.25) is 4.79 Å². The van der Waals surface area contributed by atoms with E-state index in [-0.39, 0.29) is 5.69 Å². The van der Waals surface area contributed by atoms with Crippen molar-refractivity contribution < 1.29 is 13.6 Å². The van der Waals surface area contributed by atoms with E-state index in [1.54, 1.807) is 30.3 Å². The molecule has 3 nitrogen and oxygen atoms in total. The first-order valence-electron chi connectivity index (χ1n) is 5.63. The second-order valence-electron chi connectivity index (χ2n) is 4.05.